The predicted molar refractivity (Wildman–Crippen MR) is 110 cm³/mol. The number of rotatable bonds is 4. The summed E-state index contributed by atoms with van der Waals surface area (Å²) in [6.07, 6.45) is 3.50. The Morgan fingerprint density at radius 1 is 1.10 bits per heavy atom. The number of nitrogens with one attached hydrogen (secondary N) is 2. The van der Waals surface area contributed by atoms with Crippen LogP contribution in [-0.4, -0.2) is 30.6 Å². The molecule has 4 rings (SSSR count). The number of ether oxygens (including phenoxy) is 2. The lowest BCUT2D eigenvalue weighted by Gasteiger charge is -2.44. The molecule has 6 nitrogen and oxygen atoms in total. The number of carbonyl (C=O) groups excluding carboxylic acids is 2. The molecule has 2 heterocycles. The SMILES string of the molecule is C=CC(=O)Nc1cccc(C(=O)NC2CC3(CCOCC3)Oc3ccccc32)c1. The predicted octanol–water partition coefficient (Wildman–Crippen LogP) is 3.61. The summed E-state index contributed by atoms with van der Waals surface area (Å²) in [6, 6.07) is 14.6. The zero-order valence-electron chi connectivity index (χ0n) is 16.1. The Kier molecular flexibility index (Phi) is 5.36. The Hall–Kier alpha value is -3.12. The molecule has 2 aliphatic rings. The molecule has 0 aromatic heterocycles. The van der Waals surface area contributed by atoms with Gasteiger partial charge in [-0.15, -0.1) is 0 Å². The molecule has 2 aromatic carbocycles. The Bertz CT molecular complexity index is 934. The molecule has 1 saturated heterocycles. The number of amides is 2. The highest BCUT2D eigenvalue weighted by Gasteiger charge is 2.42. The van der Waals surface area contributed by atoms with Crippen molar-refractivity contribution in [3.63, 3.8) is 0 Å². The van der Waals surface area contributed by atoms with E-state index in [9.17, 15) is 9.59 Å². The van der Waals surface area contributed by atoms with E-state index in [2.05, 4.69) is 17.2 Å². The highest BCUT2D eigenvalue weighted by atomic mass is 16.5. The van der Waals surface area contributed by atoms with Crippen LogP contribution in [0.5, 0.6) is 5.75 Å². The van der Waals surface area contributed by atoms with E-state index in [-0.39, 0.29) is 23.5 Å². The first-order valence-corrected chi connectivity index (χ1v) is 9.79. The van der Waals surface area contributed by atoms with Crippen molar-refractivity contribution in [1.29, 1.82) is 0 Å². The van der Waals surface area contributed by atoms with Crippen molar-refractivity contribution >= 4 is 17.5 Å². The summed E-state index contributed by atoms with van der Waals surface area (Å²) in [5.41, 5.74) is 1.70. The Morgan fingerprint density at radius 3 is 2.69 bits per heavy atom. The molecular formula is C23H24N2O4. The second-order valence-corrected chi connectivity index (χ2v) is 7.44. The fourth-order valence-corrected chi connectivity index (χ4v) is 3.97. The van der Waals surface area contributed by atoms with Crippen molar-refractivity contribution in [2.24, 2.45) is 0 Å². The fraction of sp³-hybridized carbons (Fsp3) is 0.304. The van der Waals surface area contributed by atoms with E-state index in [4.69, 9.17) is 9.47 Å². The van der Waals surface area contributed by atoms with Gasteiger partial charge in [-0.2, -0.15) is 0 Å². The second kappa shape index (κ2) is 8.09. The van der Waals surface area contributed by atoms with E-state index < -0.39 is 0 Å². The molecule has 2 amide bonds. The third-order valence-electron chi connectivity index (χ3n) is 5.48. The first kappa shape index (κ1) is 19.2. The van der Waals surface area contributed by atoms with Crippen LogP contribution in [0.1, 0.15) is 41.2 Å². The molecule has 150 valence electrons. The van der Waals surface area contributed by atoms with Crippen LogP contribution in [-0.2, 0) is 9.53 Å². The summed E-state index contributed by atoms with van der Waals surface area (Å²) in [7, 11) is 0. The van der Waals surface area contributed by atoms with Crippen molar-refractivity contribution in [3.05, 3.63) is 72.3 Å². The van der Waals surface area contributed by atoms with Gasteiger partial charge in [0, 0.05) is 36.1 Å². The zero-order valence-corrected chi connectivity index (χ0v) is 16.1. The lowest BCUT2D eigenvalue weighted by molar-refractivity contribution is -0.111. The van der Waals surface area contributed by atoms with Crippen molar-refractivity contribution in [2.75, 3.05) is 18.5 Å². The quantitative estimate of drug-likeness (QED) is 0.780. The smallest absolute Gasteiger partial charge is 0.251 e. The average Bonchev–Trinajstić information content (AvgIpc) is 2.74. The van der Waals surface area contributed by atoms with Crippen LogP contribution < -0.4 is 15.4 Å². The summed E-state index contributed by atoms with van der Waals surface area (Å²) in [6.45, 7) is 4.76. The average molecular weight is 392 g/mol. The molecular weight excluding hydrogens is 368 g/mol. The van der Waals surface area contributed by atoms with Crippen LogP contribution in [0.15, 0.2) is 61.2 Å². The van der Waals surface area contributed by atoms with Crippen molar-refractivity contribution in [3.8, 4) is 5.75 Å². The van der Waals surface area contributed by atoms with Gasteiger partial charge in [0.1, 0.15) is 11.4 Å². The van der Waals surface area contributed by atoms with Crippen LogP contribution in [0.25, 0.3) is 0 Å². The Balaban J connectivity index is 1.56. The molecule has 1 spiro atoms. The first-order chi connectivity index (χ1) is 14.1. The van der Waals surface area contributed by atoms with E-state index in [1.54, 1.807) is 24.3 Å². The third-order valence-corrected chi connectivity index (χ3v) is 5.48. The minimum absolute atomic E-state index is 0.156. The van der Waals surface area contributed by atoms with Gasteiger partial charge < -0.3 is 20.1 Å². The maximum atomic E-state index is 13.0. The summed E-state index contributed by atoms with van der Waals surface area (Å²) in [5, 5.41) is 5.85. The van der Waals surface area contributed by atoms with E-state index in [0.717, 1.165) is 24.2 Å². The number of carbonyl (C=O) groups is 2. The van der Waals surface area contributed by atoms with Crippen LogP contribution >= 0.6 is 0 Å². The highest BCUT2D eigenvalue weighted by molar-refractivity contribution is 6.00. The molecule has 6 heteroatoms. The summed E-state index contributed by atoms with van der Waals surface area (Å²) in [4.78, 5) is 24.5. The molecule has 29 heavy (non-hydrogen) atoms. The second-order valence-electron chi connectivity index (χ2n) is 7.44. The first-order valence-electron chi connectivity index (χ1n) is 9.79. The molecule has 0 bridgehead atoms. The lowest BCUT2D eigenvalue weighted by atomic mass is 9.82. The van der Waals surface area contributed by atoms with Gasteiger partial charge in [-0.05, 0) is 30.3 Å². The largest absolute Gasteiger partial charge is 0.487 e. The van der Waals surface area contributed by atoms with Gasteiger partial charge in [0.25, 0.3) is 5.91 Å². The molecule has 1 fully saturated rings. The molecule has 1 unspecified atom stereocenters. The fourth-order valence-electron chi connectivity index (χ4n) is 3.97. The normalized spacial score (nSPS) is 19.5. The topological polar surface area (TPSA) is 76.7 Å². The molecule has 2 N–H and O–H groups in total. The number of fused-ring (bicyclic) bond motifs is 1. The number of hydrogen-bond acceptors (Lipinski definition) is 4. The van der Waals surface area contributed by atoms with E-state index >= 15 is 0 Å². The molecule has 0 radical (unpaired) electrons. The van der Waals surface area contributed by atoms with Gasteiger partial charge >= 0.3 is 0 Å². The number of hydrogen-bond donors (Lipinski definition) is 2. The van der Waals surface area contributed by atoms with Crippen LogP contribution in [0.4, 0.5) is 5.69 Å². The van der Waals surface area contributed by atoms with Crippen LogP contribution in [0.2, 0.25) is 0 Å². The maximum absolute atomic E-state index is 13.0. The zero-order chi connectivity index (χ0) is 20.3. The maximum Gasteiger partial charge on any atom is 0.251 e. The van der Waals surface area contributed by atoms with Crippen molar-refractivity contribution in [1.82, 2.24) is 5.32 Å². The van der Waals surface area contributed by atoms with Gasteiger partial charge in [0.05, 0.1) is 19.3 Å². The summed E-state index contributed by atoms with van der Waals surface area (Å²) in [5.74, 6) is 0.309. The number of anilines is 1. The number of benzene rings is 2. The standard InChI is InChI=1S/C23H24N2O4/c1-2-21(26)24-17-7-5-6-16(14-17)22(27)25-19-15-23(10-12-28-13-11-23)29-20-9-4-3-8-18(19)20/h2-9,14,19H,1,10-13,15H2,(H,24,26)(H,25,27). The lowest BCUT2D eigenvalue weighted by Crippen LogP contribution is -2.48. The molecule has 0 saturated carbocycles. The van der Waals surface area contributed by atoms with Gasteiger partial charge in [-0.25, -0.2) is 0 Å². The van der Waals surface area contributed by atoms with Crippen LogP contribution in [0.3, 0.4) is 0 Å². The summed E-state index contributed by atoms with van der Waals surface area (Å²) >= 11 is 0. The van der Waals surface area contributed by atoms with E-state index in [1.807, 2.05) is 24.3 Å². The van der Waals surface area contributed by atoms with Crippen LogP contribution in [0, 0.1) is 0 Å². The molecule has 0 aliphatic carbocycles. The molecule has 2 aromatic rings. The van der Waals surface area contributed by atoms with E-state index in [0.29, 0.717) is 30.9 Å². The van der Waals surface area contributed by atoms with Gasteiger partial charge in [-0.1, -0.05) is 30.8 Å². The molecule has 2 aliphatic heterocycles. The van der Waals surface area contributed by atoms with E-state index in [1.165, 1.54) is 6.08 Å². The van der Waals surface area contributed by atoms with Crippen molar-refractivity contribution < 1.29 is 19.1 Å². The van der Waals surface area contributed by atoms with Gasteiger partial charge in [0.15, 0.2) is 0 Å². The Labute approximate surface area is 169 Å². The minimum atomic E-state index is -0.317. The third kappa shape index (κ3) is 4.17. The monoisotopic (exact) mass is 392 g/mol. The van der Waals surface area contributed by atoms with Crippen molar-refractivity contribution in [2.45, 2.75) is 30.9 Å². The minimum Gasteiger partial charge on any atom is -0.487 e. The van der Waals surface area contributed by atoms with Gasteiger partial charge in [0.2, 0.25) is 5.91 Å². The molecule has 1 atom stereocenters. The number of para-hydroxylation sites is 1. The highest BCUT2D eigenvalue weighted by Crippen LogP contribution is 2.43. The summed E-state index contributed by atoms with van der Waals surface area (Å²) < 4.78 is 11.9. The Morgan fingerprint density at radius 2 is 1.90 bits per heavy atom. The van der Waals surface area contributed by atoms with Gasteiger partial charge in [-0.3, -0.25) is 9.59 Å².